The van der Waals surface area contributed by atoms with Crippen molar-refractivity contribution in [3.8, 4) is 11.3 Å². The molecule has 0 aliphatic carbocycles. The standard InChI is InChI=1S/C22H26ClF3N6O2/c23-16-10-30-19(32-21(33)14-1-2-18(28-9-14)22(24,25)26)7-15(16)17-11-27-12-20(31-17)29-8-13-3-5-34-6-4-13/h7,10-14,18,28H,1-6,8-9H2,(H,29,31)(H,30,32,33)/t14-,18+/m1/s1. The summed E-state index contributed by atoms with van der Waals surface area (Å²) >= 11 is 6.33. The number of carbonyl (C=O) groups is 1. The predicted octanol–water partition coefficient (Wildman–Crippen LogP) is 3.90. The average Bonchev–Trinajstić information content (AvgIpc) is 2.84. The van der Waals surface area contributed by atoms with Gasteiger partial charge in [0.2, 0.25) is 5.91 Å². The first-order valence-corrected chi connectivity index (χ1v) is 11.6. The molecular weight excluding hydrogens is 473 g/mol. The Bertz CT molecular complexity index is 995. The maximum atomic E-state index is 12.8. The van der Waals surface area contributed by atoms with E-state index in [1.54, 1.807) is 18.5 Å². The zero-order valence-corrected chi connectivity index (χ0v) is 19.1. The van der Waals surface area contributed by atoms with Crippen molar-refractivity contribution < 1.29 is 22.7 Å². The third kappa shape index (κ3) is 6.34. The van der Waals surface area contributed by atoms with Crippen LogP contribution in [0.5, 0.6) is 0 Å². The highest BCUT2D eigenvalue weighted by Crippen LogP contribution is 2.30. The van der Waals surface area contributed by atoms with E-state index in [4.69, 9.17) is 16.3 Å². The fourth-order valence-corrected chi connectivity index (χ4v) is 4.27. The van der Waals surface area contributed by atoms with Crippen LogP contribution in [0.2, 0.25) is 5.02 Å². The highest BCUT2D eigenvalue weighted by atomic mass is 35.5. The smallest absolute Gasteiger partial charge is 0.381 e. The number of hydrogen-bond donors (Lipinski definition) is 3. The van der Waals surface area contributed by atoms with Gasteiger partial charge in [0.1, 0.15) is 17.7 Å². The number of ether oxygens (including phenoxy) is 1. The molecule has 12 heteroatoms. The Balaban J connectivity index is 1.39. The lowest BCUT2D eigenvalue weighted by Gasteiger charge is -2.30. The van der Waals surface area contributed by atoms with E-state index < -0.39 is 24.0 Å². The topological polar surface area (TPSA) is 101 Å². The van der Waals surface area contributed by atoms with Gasteiger partial charge in [-0.1, -0.05) is 11.6 Å². The zero-order valence-electron chi connectivity index (χ0n) is 18.4. The van der Waals surface area contributed by atoms with Crippen molar-refractivity contribution in [2.45, 2.75) is 37.9 Å². The number of amides is 1. The lowest BCUT2D eigenvalue weighted by Crippen LogP contribution is -2.50. The molecule has 4 heterocycles. The molecule has 0 radical (unpaired) electrons. The third-order valence-corrected chi connectivity index (χ3v) is 6.41. The lowest BCUT2D eigenvalue weighted by atomic mass is 9.93. The molecule has 8 nitrogen and oxygen atoms in total. The Hall–Kier alpha value is -2.50. The van der Waals surface area contributed by atoms with Crippen molar-refractivity contribution in [2.75, 3.05) is 36.9 Å². The minimum absolute atomic E-state index is 0.0528. The summed E-state index contributed by atoms with van der Waals surface area (Å²) in [6.45, 7) is 2.23. The highest BCUT2D eigenvalue weighted by molar-refractivity contribution is 6.33. The molecule has 0 saturated carbocycles. The second kappa shape index (κ2) is 10.8. The van der Waals surface area contributed by atoms with E-state index in [9.17, 15) is 18.0 Å². The van der Waals surface area contributed by atoms with E-state index in [0.29, 0.717) is 28.0 Å². The fourth-order valence-electron chi connectivity index (χ4n) is 4.07. The first-order valence-electron chi connectivity index (χ1n) is 11.2. The molecule has 0 spiro atoms. The Morgan fingerprint density at radius 1 is 1.15 bits per heavy atom. The van der Waals surface area contributed by atoms with E-state index in [2.05, 4.69) is 30.9 Å². The first kappa shape index (κ1) is 24.6. The van der Waals surface area contributed by atoms with Gasteiger partial charge in [-0.05, 0) is 37.7 Å². The van der Waals surface area contributed by atoms with Crippen LogP contribution in [0.3, 0.4) is 0 Å². The number of piperidine rings is 1. The van der Waals surface area contributed by atoms with Gasteiger partial charge < -0.3 is 20.7 Å². The number of nitrogens with one attached hydrogen (secondary N) is 3. The fraction of sp³-hybridized carbons (Fsp3) is 0.545. The van der Waals surface area contributed by atoms with Crippen molar-refractivity contribution in [3.63, 3.8) is 0 Å². The molecule has 2 aliphatic rings. The summed E-state index contributed by atoms with van der Waals surface area (Å²) in [6, 6.07) is 0.00378. The summed E-state index contributed by atoms with van der Waals surface area (Å²) in [7, 11) is 0. The van der Waals surface area contributed by atoms with Crippen LogP contribution in [0, 0.1) is 11.8 Å². The monoisotopic (exact) mass is 498 g/mol. The Morgan fingerprint density at radius 2 is 1.94 bits per heavy atom. The van der Waals surface area contributed by atoms with Crippen LogP contribution in [0.15, 0.2) is 24.7 Å². The number of hydrogen-bond acceptors (Lipinski definition) is 7. The minimum Gasteiger partial charge on any atom is -0.381 e. The molecule has 2 aromatic heterocycles. The highest BCUT2D eigenvalue weighted by Gasteiger charge is 2.42. The normalized spacial score (nSPS) is 21.8. The van der Waals surface area contributed by atoms with Crippen molar-refractivity contribution in [2.24, 2.45) is 11.8 Å². The molecule has 2 aromatic rings. The summed E-state index contributed by atoms with van der Waals surface area (Å²) in [5.74, 6) is 0.370. The van der Waals surface area contributed by atoms with E-state index >= 15 is 0 Å². The quantitative estimate of drug-likeness (QED) is 0.555. The van der Waals surface area contributed by atoms with E-state index in [0.717, 1.165) is 32.6 Å². The van der Waals surface area contributed by atoms with Gasteiger partial charge in [-0.2, -0.15) is 13.2 Å². The number of carbonyl (C=O) groups excluding carboxylic acids is 1. The third-order valence-electron chi connectivity index (χ3n) is 6.11. The minimum atomic E-state index is -4.32. The molecule has 184 valence electrons. The predicted molar refractivity (Wildman–Crippen MR) is 122 cm³/mol. The Kier molecular flexibility index (Phi) is 7.84. The molecule has 2 atom stereocenters. The van der Waals surface area contributed by atoms with E-state index in [1.165, 1.54) is 6.20 Å². The van der Waals surface area contributed by atoms with Crippen molar-refractivity contribution >= 4 is 29.1 Å². The Morgan fingerprint density at radius 3 is 2.65 bits per heavy atom. The molecule has 34 heavy (non-hydrogen) atoms. The van der Waals surface area contributed by atoms with Gasteiger partial charge in [-0.15, -0.1) is 0 Å². The van der Waals surface area contributed by atoms with Gasteiger partial charge in [0.05, 0.1) is 29.0 Å². The second-order valence-corrected chi connectivity index (χ2v) is 8.95. The van der Waals surface area contributed by atoms with E-state index in [-0.39, 0.29) is 25.2 Å². The number of halogens is 4. The molecule has 0 unspecified atom stereocenters. The van der Waals surface area contributed by atoms with Crippen LogP contribution in [0.1, 0.15) is 25.7 Å². The van der Waals surface area contributed by atoms with Crippen molar-refractivity contribution in [1.82, 2.24) is 20.3 Å². The van der Waals surface area contributed by atoms with Crippen LogP contribution >= 0.6 is 11.6 Å². The van der Waals surface area contributed by atoms with Crippen LogP contribution < -0.4 is 16.0 Å². The second-order valence-electron chi connectivity index (χ2n) is 8.54. The Labute approximate surface area is 200 Å². The molecular formula is C22H26ClF3N6O2. The van der Waals surface area contributed by atoms with Gasteiger partial charge in [-0.3, -0.25) is 9.78 Å². The maximum absolute atomic E-state index is 12.8. The lowest BCUT2D eigenvalue weighted by molar-refractivity contribution is -0.163. The molecule has 2 aliphatic heterocycles. The van der Waals surface area contributed by atoms with Crippen molar-refractivity contribution in [3.05, 3.63) is 29.7 Å². The van der Waals surface area contributed by atoms with Crippen LogP contribution in [0.25, 0.3) is 11.3 Å². The van der Waals surface area contributed by atoms with Gasteiger partial charge >= 0.3 is 6.18 Å². The summed E-state index contributed by atoms with van der Waals surface area (Å²) in [6.07, 6.45) is 2.25. The molecule has 2 fully saturated rings. The molecule has 0 bridgehead atoms. The maximum Gasteiger partial charge on any atom is 0.403 e. The number of nitrogens with zero attached hydrogens (tertiary/aromatic N) is 3. The SMILES string of the molecule is O=C(Nc1cc(-c2cncc(NCC3CCOCC3)n2)c(Cl)cn1)[C@@H]1CC[C@@H](C(F)(F)F)NC1. The summed E-state index contributed by atoms with van der Waals surface area (Å²) in [5.41, 5.74) is 1.04. The van der Waals surface area contributed by atoms with Gasteiger partial charge in [0.15, 0.2) is 0 Å². The van der Waals surface area contributed by atoms with E-state index in [1.807, 2.05) is 0 Å². The van der Waals surface area contributed by atoms with Gasteiger partial charge in [0.25, 0.3) is 0 Å². The number of pyridine rings is 1. The molecule has 1 amide bonds. The average molecular weight is 499 g/mol. The summed E-state index contributed by atoms with van der Waals surface area (Å²) < 4.78 is 43.9. The number of alkyl halides is 3. The molecule has 4 rings (SSSR count). The van der Waals surface area contributed by atoms with Crippen LogP contribution in [-0.2, 0) is 9.53 Å². The number of anilines is 2. The summed E-state index contributed by atoms with van der Waals surface area (Å²) in [5, 5.41) is 8.72. The first-order chi connectivity index (χ1) is 16.3. The van der Waals surface area contributed by atoms with Gasteiger partial charge in [-0.25, -0.2) is 9.97 Å². The summed E-state index contributed by atoms with van der Waals surface area (Å²) in [4.78, 5) is 25.6. The zero-order chi connectivity index (χ0) is 24.1. The van der Waals surface area contributed by atoms with Crippen molar-refractivity contribution in [1.29, 1.82) is 0 Å². The number of aromatic nitrogens is 3. The van der Waals surface area contributed by atoms with Crippen LogP contribution in [-0.4, -0.2) is 59.4 Å². The van der Waals surface area contributed by atoms with Gasteiger partial charge in [0, 0.05) is 38.1 Å². The number of rotatable bonds is 6. The molecule has 3 N–H and O–H groups in total. The largest absolute Gasteiger partial charge is 0.403 e. The molecule has 0 aromatic carbocycles. The van der Waals surface area contributed by atoms with Crippen LogP contribution in [0.4, 0.5) is 24.8 Å². The molecule has 2 saturated heterocycles.